The van der Waals surface area contributed by atoms with Crippen LogP contribution in [0.4, 0.5) is 13.2 Å². The number of rotatable bonds is 5. The summed E-state index contributed by atoms with van der Waals surface area (Å²) in [5.41, 5.74) is 0.593. The van der Waals surface area contributed by atoms with E-state index in [9.17, 15) is 22.8 Å². The minimum absolute atomic E-state index is 0.0329. The summed E-state index contributed by atoms with van der Waals surface area (Å²) in [6.45, 7) is 0. The van der Waals surface area contributed by atoms with Gasteiger partial charge in [0, 0.05) is 17.1 Å². The Labute approximate surface area is 157 Å². The van der Waals surface area contributed by atoms with Crippen molar-refractivity contribution in [2.24, 2.45) is 0 Å². The highest BCUT2D eigenvalue weighted by Crippen LogP contribution is 2.29. The van der Waals surface area contributed by atoms with Crippen LogP contribution in [0.25, 0.3) is 17.0 Å². The van der Waals surface area contributed by atoms with E-state index in [0.29, 0.717) is 5.52 Å². The second-order valence-corrected chi connectivity index (χ2v) is 5.75. The topological polar surface area (TPSA) is 68.4 Å². The van der Waals surface area contributed by atoms with Gasteiger partial charge in [-0.25, -0.2) is 0 Å². The fourth-order valence-corrected chi connectivity index (χ4v) is 2.62. The number of aromatic amines is 1. The number of allylic oxidation sites excluding steroid dienone is 1. The normalized spacial score (nSPS) is 11.7. The fourth-order valence-electron chi connectivity index (χ4n) is 2.62. The highest BCUT2D eigenvalue weighted by atomic mass is 19.4. The van der Waals surface area contributed by atoms with Gasteiger partial charge in [0.1, 0.15) is 11.5 Å². The Morgan fingerprint density at radius 2 is 1.86 bits per heavy atom. The highest BCUT2D eigenvalue weighted by molar-refractivity contribution is 6.08. The minimum Gasteiger partial charge on any atom is -0.496 e. The second kappa shape index (κ2) is 7.59. The molecule has 0 aliphatic heterocycles. The Balaban J connectivity index is 1.88. The van der Waals surface area contributed by atoms with E-state index in [-0.39, 0.29) is 22.4 Å². The van der Waals surface area contributed by atoms with Gasteiger partial charge in [-0.15, -0.1) is 13.2 Å². The van der Waals surface area contributed by atoms with Crippen LogP contribution in [0.2, 0.25) is 0 Å². The Morgan fingerprint density at radius 3 is 2.57 bits per heavy atom. The molecule has 3 aromatic rings. The molecule has 2 aromatic carbocycles. The van der Waals surface area contributed by atoms with Crippen LogP contribution in [0.5, 0.6) is 11.5 Å². The first kappa shape index (κ1) is 19.2. The van der Waals surface area contributed by atoms with Crippen LogP contribution in [0.1, 0.15) is 15.9 Å². The molecule has 0 unspecified atom stereocenters. The third-order valence-corrected chi connectivity index (χ3v) is 3.87. The molecule has 28 heavy (non-hydrogen) atoms. The number of halogens is 3. The summed E-state index contributed by atoms with van der Waals surface area (Å²) in [4.78, 5) is 27.3. The standard InChI is InChI=1S/C20H14F3NO4/c1-27-18-11-14(28-20(21,22)23)7-8-15(18)17(25)9-6-13-10-12-4-2-3-5-16(12)24-19(13)26/h2-11H,1H3,(H,24,26). The number of nitrogens with one attached hydrogen (secondary N) is 1. The number of carbonyl (C=O) groups is 1. The maximum absolute atomic E-state index is 12.4. The molecule has 0 fully saturated rings. The summed E-state index contributed by atoms with van der Waals surface area (Å²) >= 11 is 0. The lowest BCUT2D eigenvalue weighted by molar-refractivity contribution is -0.274. The third kappa shape index (κ3) is 4.40. The van der Waals surface area contributed by atoms with Crippen molar-refractivity contribution >= 4 is 22.8 Å². The molecule has 0 radical (unpaired) electrons. The summed E-state index contributed by atoms with van der Waals surface area (Å²) in [6, 6.07) is 12.0. The van der Waals surface area contributed by atoms with Gasteiger partial charge in [-0.2, -0.15) is 0 Å². The summed E-state index contributed by atoms with van der Waals surface area (Å²) in [5.74, 6) is -1.12. The lowest BCUT2D eigenvalue weighted by Crippen LogP contribution is -2.17. The van der Waals surface area contributed by atoms with E-state index in [1.165, 1.54) is 13.2 Å². The molecular formula is C20H14F3NO4. The maximum Gasteiger partial charge on any atom is 0.573 e. The maximum atomic E-state index is 12.4. The van der Waals surface area contributed by atoms with Crippen molar-refractivity contribution < 1.29 is 27.4 Å². The van der Waals surface area contributed by atoms with Gasteiger partial charge in [0.05, 0.1) is 12.7 Å². The van der Waals surface area contributed by atoms with Gasteiger partial charge < -0.3 is 14.5 Å². The quantitative estimate of drug-likeness (QED) is 0.521. The van der Waals surface area contributed by atoms with Gasteiger partial charge in [0.15, 0.2) is 5.78 Å². The smallest absolute Gasteiger partial charge is 0.496 e. The number of pyridine rings is 1. The van der Waals surface area contributed by atoms with Crippen molar-refractivity contribution in [1.29, 1.82) is 0 Å². The summed E-state index contributed by atoms with van der Waals surface area (Å²) in [7, 11) is 1.22. The van der Waals surface area contributed by atoms with E-state index in [4.69, 9.17) is 4.74 Å². The second-order valence-electron chi connectivity index (χ2n) is 5.75. The molecule has 144 valence electrons. The zero-order valence-corrected chi connectivity index (χ0v) is 14.5. The Kier molecular flexibility index (Phi) is 5.21. The third-order valence-electron chi connectivity index (χ3n) is 3.87. The number of H-pyrrole nitrogens is 1. The molecule has 1 aromatic heterocycles. The molecule has 0 amide bonds. The molecular weight excluding hydrogens is 375 g/mol. The zero-order valence-electron chi connectivity index (χ0n) is 14.5. The Morgan fingerprint density at radius 1 is 1.11 bits per heavy atom. The van der Waals surface area contributed by atoms with Crippen LogP contribution in [0, 0.1) is 0 Å². The first-order valence-electron chi connectivity index (χ1n) is 8.05. The highest BCUT2D eigenvalue weighted by Gasteiger charge is 2.31. The van der Waals surface area contributed by atoms with Gasteiger partial charge >= 0.3 is 6.36 Å². The fraction of sp³-hybridized carbons (Fsp3) is 0.100. The summed E-state index contributed by atoms with van der Waals surface area (Å²) in [6.07, 6.45) is -2.36. The number of alkyl halides is 3. The predicted octanol–water partition coefficient (Wildman–Crippen LogP) is 4.33. The molecule has 5 nitrogen and oxygen atoms in total. The van der Waals surface area contributed by atoms with E-state index in [2.05, 4.69) is 9.72 Å². The van der Waals surface area contributed by atoms with Crippen molar-refractivity contribution in [3.63, 3.8) is 0 Å². The zero-order chi connectivity index (χ0) is 20.3. The lowest BCUT2D eigenvalue weighted by atomic mass is 10.1. The number of carbonyl (C=O) groups excluding carboxylic acids is 1. The number of ketones is 1. The number of hydrogen-bond acceptors (Lipinski definition) is 4. The van der Waals surface area contributed by atoms with E-state index in [1.54, 1.807) is 18.2 Å². The molecule has 1 N–H and O–H groups in total. The number of fused-ring (bicyclic) bond motifs is 1. The van der Waals surface area contributed by atoms with Crippen LogP contribution in [0.15, 0.2) is 59.4 Å². The monoisotopic (exact) mass is 389 g/mol. The molecule has 0 aliphatic carbocycles. The molecule has 0 aliphatic rings. The van der Waals surface area contributed by atoms with Crippen LogP contribution in [-0.2, 0) is 0 Å². The molecule has 0 saturated carbocycles. The molecule has 1 heterocycles. The van der Waals surface area contributed by atoms with Crippen molar-refractivity contribution in [1.82, 2.24) is 4.98 Å². The SMILES string of the molecule is COc1cc(OC(F)(F)F)ccc1C(=O)C=Cc1cc2ccccc2[nH]c1=O. The molecule has 0 saturated heterocycles. The lowest BCUT2D eigenvalue weighted by Gasteiger charge is -2.11. The molecule has 0 atom stereocenters. The average molecular weight is 389 g/mol. The van der Waals surface area contributed by atoms with Crippen LogP contribution < -0.4 is 15.0 Å². The number of hydrogen-bond donors (Lipinski definition) is 1. The van der Waals surface area contributed by atoms with Crippen molar-refractivity contribution in [2.75, 3.05) is 7.11 Å². The molecule has 0 bridgehead atoms. The van der Waals surface area contributed by atoms with Crippen molar-refractivity contribution in [2.45, 2.75) is 6.36 Å². The van der Waals surface area contributed by atoms with Crippen molar-refractivity contribution in [3.05, 3.63) is 76.1 Å². The number of methoxy groups -OCH3 is 1. The van der Waals surface area contributed by atoms with Gasteiger partial charge in [0.25, 0.3) is 5.56 Å². The number of para-hydroxylation sites is 1. The van der Waals surface area contributed by atoms with E-state index >= 15 is 0 Å². The first-order valence-corrected chi connectivity index (χ1v) is 8.05. The molecule has 8 heteroatoms. The van der Waals surface area contributed by atoms with Crippen molar-refractivity contribution in [3.8, 4) is 11.5 Å². The average Bonchev–Trinajstić information content (AvgIpc) is 2.64. The molecule has 0 spiro atoms. The Bertz CT molecular complexity index is 1120. The van der Waals surface area contributed by atoms with Gasteiger partial charge in [-0.3, -0.25) is 9.59 Å². The van der Waals surface area contributed by atoms with Gasteiger partial charge in [-0.05, 0) is 41.8 Å². The van der Waals surface area contributed by atoms with Crippen LogP contribution >= 0.6 is 0 Å². The predicted molar refractivity (Wildman–Crippen MR) is 97.6 cm³/mol. The summed E-state index contributed by atoms with van der Waals surface area (Å²) in [5, 5.41) is 0.792. The summed E-state index contributed by atoms with van der Waals surface area (Å²) < 4.78 is 45.8. The van der Waals surface area contributed by atoms with Crippen LogP contribution in [-0.4, -0.2) is 24.2 Å². The van der Waals surface area contributed by atoms with E-state index < -0.39 is 17.9 Å². The van der Waals surface area contributed by atoms with E-state index in [0.717, 1.165) is 29.7 Å². The molecule has 3 rings (SSSR count). The van der Waals surface area contributed by atoms with Crippen LogP contribution in [0.3, 0.4) is 0 Å². The van der Waals surface area contributed by atoms with Gasteiger partial charge in [0.2, 0.25) is 0 Å². The number of benzene rings is 2. The number of ether oxygens (including phenoxy) is 2. The largest absolute Gasteiger partial charge is 0.573 e. The Hall–Kier alpha value is -3.55. The first-order chi connectivity index (χ1) is 13.3. The minimum atomic E-state index is -4.85. The van der Waals surface area contributed by atoms with E-state index in [1.807, 2.05) is 12.1 Å². The van der Waals surface area contributed by atoms with Gasteiger partial charge in [-0.1, -0.05) is 18.2 Å². The number of aromatic nitrogens is 1.